The van der Waals surface area contributed by atoms with Gasteiger partial charge in [-0.25, -0.2) is 4.98 Å². The van der Waals surface area contributed by atoms with E-state index in [0.717, 1.165) is 10.1 Å². The van der Waals surface area contributed by atoms with Gasteiger partial charge in [-0.1, -0.05) is 12.8 Å². The lowest BCUT2D eigenvalue weighted by Gasteiger charge is -2.12. The van der Waals surface area contributed by atoms with Crippen LogP contribution in [0.2, 0.25) is 0 Å². The number of pyridine rings is 1. The molecular formula is C12H13BrN2. The minimum absolute atomic E-state index is 0.677. The van der Waals surface area contributed by atoms with Crippen molar-refractivity contribution in [2.75, 3.05) is 0 Å². The van der Waals surface area contributed by atoms with Gasteiger partial charge in [0.2, 0.25) is 0 Å². The van der Waals surface area contributed by atoms with Gasteiger partial charge in [0.15, 0.2) is 0 Å². The maximum absolute atomic E-state index is 4.50. The molecule has 2 aromatic heterocycles. The molecule has 0 N–H and O–H groups in total. The lowest BCUT2D eigenvalue weighted by atomic mass is 10.2. The average molecular weight is 265 g/mol. The Labute approximate surface area is 97.4 Å². The zero-order chi connectivity index (χ0) is 10.3. The molecule has 0 bridgehead atoms. The minimum atomic E-state index is 0.677. The Kier molecular flexibility index (Phi) is 2.28. The van der Waals surface area contributed by atoms with Crippen molar-refractivity contribution < 1.29 is 0 Å². The molecule has 2 aromatic rings. The molecule has 0 amide bonds. The molecule has 0 atom stereocenters. The van der Waals surface area contributed by atoms with E-state index in [1.165, 1.54) is 31.1 Å². The van der Waals surface area contributed by atoms with Crippen LogP contribution in [0, 0.1) is 0 Å². The first-order valence-corrected chi connectivity index (χ1v) is 6.26. The van der Waals surface area contributed by atoms with Crippen LogP contribution < -0.4 is 0 Å². The van der Waals surface area contributed by atoms with Crippen molar-refractivity contribution in [3.05, 3.63) is 29.0 Å². The minimum Gasteiger partial charge on any atom is -0.329 e. The Morgan fingerprint density at radius 2 is 2.13 bits per heavy atom. The molecular weight excluding hydrogens is 252 g/mol. The van der Waals surface area contributed by atoms with Crippen LogP contribution in [0.3, 0.4) is 0 Å². The van der Waals surface area contributed by atoms with Gasteiger partial charge in [0.05, 0.1) is 0 Å². The van der Waals surface area contributed by atoms with Crippen molar-refractivity contribution in [2.45, 2.75) is 31.7 Å². The fraction of sp³-hybridized carbons (Fsp3) is 0.417. The fourth-order valence-electron chi connectivity index (χ4n) is 2.49. The number of hydrogen-bond donors (Lipinski definition) is 0. The summed E-state index contributed by atoms with van der Waals surface area (Å²) in [6, 6.07) is 4.97. The van der Waals surface area contributed by atoms with Crippen molar-refractivity contribution in [2.24, 2.45) is 0 Å². The van der Waals surface area contributed by atoms with Crippen LogP contribution in [0.4, 0.5) is 0 Å². The number of hydrogen-bond acceptors (Lipinski definition) is 1. The van der Waals surface area contributed by atoms with Crippen molar-refractivity contribution in [1.29, 1.82) is 0 Å². The monoisotopic (exact) mass is 264 g/mol. The van der Waals surface area contributed by atoms with Crippen molar-refractivity contribution >= 4 is 27.0 Å². The normalized spacial score (nSPS) is 17.7. The molecule has 1 saturated carbocycles. The third-order valence-corrected chi connectivity index (χ3v) is 3.67. The summed E-state index contributed by atoms with van der Waals surface area (Å²) in [5.74, 6) is 0. The second-order valence-corrected chi connectivity index (χ2v) is 5.14. The van der Waals surface area contributed by atoms with Crippen LogP contribution in [0.5, 0.6) is 0 Å². The summed E-state index contributed by atoms with van der Waals surface area (Å²) in [5, 5.41) is 1.23. The number of halogens is 1. The molecule has 0 spiro atoms. The van der Waals surface area contributed by atoms with Gasteiger partial charge in [0, 0.05) is 28.3 Å². The quantitative estimate of drug-likeness (QED) is 0.764. The van der Waals surface area contributed by atoms with Gasteiger partial charge >= 0.3 is 0 Å². The fourth-order valence-corrected chi connectivity index (χ4v) is 2.84. The Hall–Kier alpha value is -0.830. The van der Waals surface area contributed by atoms with Gasteiger partial charge in [0.25, 0.3) is 0 Å². The zero-order valence-electron chi connectivity index (χ0n) is 8.49. The molecule has 0 unspecified atom stereocenters. The summed E-state index contributed by atoms with van der Waals surface area (Å²) in [7, 11) is 0. The van der Waals surface area contributed by atoms with Crippen LogP contribution in [-0.2, 0) is 0 Å². The summed E-state index contributed by atoms with van der Waals surface area (Å²) in [5.41, 5.74) is 1.13. The summed E-state index contributed by atoms with van der Waals surface area (Å²) >= 11 is 3.45. The van der Waals surface area contributed by atoms with Gasteiger partial charge in [-0.2, -0.15) is 0 Å². The molecule has 2 nitrogen and oxygen atoms in total. The van der Waals surface area contributed by atoms with Gasteiger partial charge in [-0.05, 0) is 40.9 Å². The predicted octanol–water partition coefficient (Wildman–Crippen LogP) is 3.91. The second-order valence-electron chi connectivity index (χ2n) is 4.23. The van der Waals surface area contributed by atoms with Gasteiger partial charge in [-0.3, -0.25) is 0 Å². The van der Waals surface area contributed by atoms with Gasteiger partial charge in [0.1, 0.15) is 5.65 Å². The Bertz CT molecular complexity index is 483. The van der Waals surface area contributed by atoms with E-state index in [9.17, 15) is 0 Å². The smallest absolute Gasteiger partial charge is 0.140 e. The lowest BCUT2D eigenvalue weighted by Crippen LogP contribution is -2.03. The van der Waals surface area contributed by atoms with Gasteiger partial charge in [-0.15, -0.1) is 0 Å². The zero-order valence-corrected chi connectivity index (χ0v) is 10.1. The van der Waals surface area contributed by atoms with E-state index in [-0.39, 0.29) is 0 Å². The highest BCUT2D eigenvalue weighted by Gasteiger charge is 2.18. The van der Waals surface area contributed by atoms with Crippen molar-refractivity contribution in [1.82, 2.24) is 9.55 Å². The lowest BCUT2D eigenvalue weighted by molar-refractivity contribution is 0.532. The van der Waals surface area contributed by atoms with E-state index in [1.807, 2.05) is 6.20 Å². The Morgan fingerprint density at radius 1 is 1.33 bits per heavy atom. The predicted molar refractivity (Wildman–Crippen MR) is 64.9 cm³/mol. The van der Waals surface area contributed by atoms with Gasteiger partial charge < -0.3 is 4.57 Å². The molecule has 1 aliphatic rings. The molecule has 15 heavy (non-hydrogen) atoms. The number of fused-ring (bicyclic) bond motifs is 1. The first kappa shape index (κ1) is 9.40. The average Bonchev–Trinajstić information content (AvgIpc) is 2.82. The van der Waals surface area contributed by atoms with Crippen LogP contribution in [0.15, 0.2) is 29.0 Å². The summed E-state index contributed by atoms with van der Waals surface area (Å²) in [6.45, 7) is 0. The molecule has 1 aliphatic carbocycles. The molecule has 2 heterocycles. The maximum Gasteiger partial charge on any atom is 0.140 e. The number of aromatic nitrogens is 2. The topological polar surface area (TPSA) is 17.8 Å². The van der Waals surface area contributed by atoms with Crippen LogP contribution in [-0.4, -0.2) is 9.55 Å². The Morgan fingerprint density at radius 3 is 2.93 bits per heavy atom. The van der Waals surface area contributed by atoms with E-state index in [4.69, 9.17) is 0 Å². The van der Waals surface area contributed by atoms with Crippen LogP contribution in [0.25, 0.3) is 11.0 Å². The van der Waals surface area contributed by atoms with E-state index in [1.54, 1.807) is 0 Å². The number of nitrogens with zero attached hydrogens (tertiary/aromatic N) is 2. The van der Waals surface area contributed by atoms with Crippen LogP contribution in [0.1, 0.15) is 31.7 Å². The summed E-state index contributed by atoms with van der Waals surface area (Å²) < 4.78 is 3.40. The van der Waals surface area contributed by atoms with Crippen molar-refractivity contribution in [3.8, 4) is 0 Å². The third kappa shape index (κ3) is 1.59. The molecule has 1 fully saturated rings. The van der Waals surface area contributed by atoms with Crippen molar-refractivity contribution in [3.63, 3.8) is 0 Å². The molecule has 3 rings (SSSR count). The number of rotatable bonds is 1. The summed E-state index contributed by atoms with van der Waals surface area (Å²) in [4.78, 5) is 4.50. The second kappa shape index (κ2) is 3.63. The van der Waals surface area contributed by atoms with E-state index in [0.29, 0.717) is 6.04 Å². The van der Waals surface area contributed by atoms with E-state index >= 15 is 0 Å². The first-order chi connectivity index (χ1) is 7.34. The van der Waals surface area contributed by atoms with E-state index in [2.05, 4.69) is 43.8 Å². The highest BCUT2D eigenvalue weighted by Crippen LogP contribution is 2.32. The molecule has 0 aliphatic heterocycles. The molecule has 0 radical (unpaired) electrons. The first-order valence-electron chi connectivity index (χ1n) is 5.47. The highest BCUT2D eigenvalue weighted by molar-refractivity contribution is 9.10. The summed E-state index contributed by atoms with van der Waals surface area (Å²) in [6.07, 6.45) is 9.40. The molecule has 78 valence electrons. The van der Waals surface area contributed by atoms with Crippen LogP contribution >= 0.6 is 15.9 Å². The highest BCUT2D eigenvalue weighted by atomic mass is 79.9. The molecule has 0 aromatic carbocycles. The standard InChI is InChI=1S/C12H13BrN2/c13-10-7-9-5-6-15(12(9)14-8-10)11-3-1-2-4-11/h5-8,11H,1-4H2. The molecule has 0 saturated heterocycles. The largest absolute Gasteiger partial charge is 0.329 e. The van der Waals surface area contributed by atoms with E-state index < -0.39 is 0 Å². The maximum atomic E-state index is 4.50. The SMILES string of the molecule is Brc1cnc2c(ccn2C2CCCC2)c1. The third-order valence-electron chi connectivity index (χ3n) is 3.24. The Balaban J connectivity index is 2.11. The molecule has 3 heteroatoms.